The minimum Gasteiger partial charge on any atom is -0.363 e. The molecular weight excluding hydrogens is 488 g/mol. The van der Waals surface area contributed by atoms with E-state index in [0.717, 1.165) is 0 Å². The van der Waals surface area contributed by atoms with Crippen LogP contribution in [0.2, 0.25) is 0 Å². The van der Waals surface area contributed by atoms with Crippen LogP contribution >= 0.6 is 0 Å². The number of ether oxygens (including phenoxy) is 1. The van der Waals surface area contributed by atoms with E-state index in [1.54, 1.807) is 0 Å². The Kier molecular flexibility index (Phi) is 8.42. The van der Waals surface area contributed by atoms with Crippen molar-refractivity contribution < 1.29 is 66.2 Å². The standard InChI is InChI=1S/C16H19F14NO/c1-7(12(18,19)10(17)15(25,26)27)32-8(2)13(20,21)11(16(28,29)30)31-5-3-9(4-6-31)14(22,23)24/h7-11H,3-6H2,1-2H3. The zero-order chi connectivity index (χ0) is 25.5. The van der Waals surface area contributed by atoms with E-state index in [1.165, 1.54) is 0 Å². The highest BCUT2D eigenvalue weighted by atomic mass is 19.4. The Morgan fingerprint density at radius 1 is 0.688 bits per heavy atom. The van der Waals surface area contributed by atoms with Crippen LogP contribution < -0.4 is 0 Å². The van der Waals surface area contributed by atoms with Gasteiger partial charge in [-0.2, -0.15) is 39.5 Å². The Balaban J connectivity index is 3.07. The summed E-state index contributed by atoms with van der Waals surface area (Å²) < 4.78 is 188. The monoisotopic (exact) mass is 507 g/mol. The van der Waals surface area contributed by atoms with Crippen molar-refractivity contribution in [3.05, 3.63) is 0 Å². The van der Waals surface area contributed by atoms with Gasteiger partial charge in [-0.3, -0.25) is 4.90 Å². The van der Waals surface area contributed by atoms with Gasteiger partial charge in [-0.05, 0) is 39.8 Å². The van der Waals surface area contributed by atoms with Crippen LogP contribution in [0.25, 0.3) is 0 Å². The van der Waals surface area contributed by atoms with Crippen molar-refractivity contribution in [2.45, 2.75) is 81.5 Å². The summed E-state index contributed by atoms with van der Waals surface area (Å²) in [6.45, 7) is -1.90. The lowest BCUT2D eigenvalue weighted by molar-refractivity contribution is -0.305. The van der Waals surface area contributed by atoms with E-state index < -0.39 is 86.6 Å². The number of piperidine rings is 1. The molecule has 1 rings (SSSR count). The molecule has 0 aromatic heterocycles. The molecule has 4 atom stereocenters. The van der Waals surface area contributed by atoms with E-state index in [2.05, 4.69) is 4.74 Å². The van der Waals surface area contributed by atoms with Crippen molar-refractivity contribution >= 4 is 0 Å². The summed E-state index contributed by atoms with van der Waals surface area (Å²) in [5, 5.41) is 0. The molecule has 0 spiro atoms. The molecule has 32 heavy (non-hydrogen) atoms. The first-order chi connectivity index (χ1) is 14.0. The zero-order valence-electron chi connectivity index (χ0n) is 16.4. The molecule has 0 aromatic rings. The van der Waals surface area contributed by atoms with Gasteiger partial charge in [0.25, 0.3) is 12.1 Å². The smallest absolute Gasteiger partial charge is 0.363 e. The van der Waals surface area contributed by atoms with E-state index in [9.17, 15) is 61.5 Å². The Bertz CT molecular complexity index is 605. The SMILES string of the molecule is CC(OC(C)C(F)(F)C(N1CCC(C(F)(F)F)CC1)C(F)(F)F)C(F)(F)C(F)C(F)(F)F. The summed E-state index contributed by atoms with van der Waals surface area (Å²) in [6.07, 6.45) is -29.7. The Morgan fingerprint density at radius 3 is 1.44 bits per heavy atom. The molecule has 4 unspecified atom stereocenters. The fourth-order valence-corrected chi connectivity index (χ4v) is 3.29. The molecule has 1 aliphatic heterocycles. The van der Waals surface area contributed by atoms with Crippen LogP contribution in [0.15, 0.2) is 0 Å². The maximum atomic E-state index is 14.6. The molecule has 0 aliphatic carbocycles. The van der Waals surface area contributed by atoms with E-state index >= 15 is 0 Å². The highest BCUT2D eigenvalue weighted by molar-refractivity contribution is 4.98. The van der Waals surface area contributed by atoms with E-state index in [4.69, 9.17) is 0 Å². The van der Waals surface area contributed by atoms with Gasteiger partial charge in [0.15, 0.2) is 6.04 Å². The predicted octanol–water partition coefficient (Wildman–Crippen LogP) is 6.16. The molecule has 1 saturated heterocycles. The lowest BCUT2D eigenvalue weighted by Gasteiger charge is -2.43. The van der Waals surface area contributed by atoms with Gasteiger partial charge in [-0.1, -0.05) is 0 Å². The highest BCUT2D eigenvalue weighted by Crippen LogP contribution is 2.44. The van der Waals surface area contributed by atoms with Gasteiger partial charge < -0.3 is 4.74 Å². The Morgan fingerprint density at radius 2 is 1.09 bits per heavy atom. The van der Waals surface area contributed by atoms with Gasteiger partial charge in [0.2, 0.25) is 0 Å². The molecular formula is C16H19F14NO. The largest absolute Gasteiger partial charge is 0.425 e. The second-order valence-electron chi connectivity index (χ2n) is 7.47. The molecule has 0 N–H and O–H groups in total. The fourth-order valence-electron chi connectivity index (χ4n) is 3.29. The lowest BCUT2D eigenvalue weighted by atomic mass is 9.93. The minimum absolute atomic E-state index is 0.0153. The van der Waals surface area contributed by atoms with Crippen LogP contribution in [-0.4, -0.2) is 72.8 Å². The third-order valence-electron chi connectivity index (χ3n) is 5.15. The average molecular weight is 507 g/mol. The number of nitrogens with zero attached hydrogens (tertiary/aromatic N) is 1. The number of alkyl halides is 14. The number of hydrogen-bond acceptors (Lipinski definition) is 2. The van der Waals surface area contributed by atoms with Gasteiger partial charge in [-0.15, -0.1) is 0 Å². The second kappa shape index (κ2) is 9.29. The van der Waals surface area contributed by atoms with E-state index in [1.807, 2.05) is 0 Å². The second-order valence-corrected chi connectivity index (χ2v) is 7.47. The molecule has 2 nitrogen and oxygen atoms in total. The van der Waals surface area contributed by atoms with E-state index in [-0.39, 0.29) is 18.7 Å². The first-order valence-corrected chi connectivity index (χ1v) is 9.03. The third-order valence-corrected chi connectivity index (χ3v) is 5.15. The maximum absolute atomic E-state index is 14.6. The summed E-state index contributed by atoms with van der Waals surface area (Å²) >= 11 is 0. The summed E-state index contributed by atoms with van der Waals surface area (Å²) in [7, 11) is 0. The lowest BCUT2D eigenvalue weighted by Crippen LogP contribution is -2.63. The summed E-state index contributed by atoms with van der Waals surface area (Å²) in [5.74, 6) is -12.5. The van der Waals surface area contributed by atoms with Crippen LogP contribution in [0, 0.1) is 5.92 Å². The normalized spacial score (nSPS) is 22.5. The predicted molar refractivity (Wildman–Crippen MR) is 81.0 cm³/mol. The van der Waals surface area contributed by atoms with Gasteiger partial charge in [0, 0.05) is 0 Å². The molecule has 0 radical (unpaired) electrons. The van der Waals surface area contributed by atoms with Crippen molar-refractivity contribution in [1.29, 1.82) is 0 Å². The van der Waals surface area contributed by atoms with Crippen molar-refractivity contribution in [3.8, 4) is 0 Å². The van der Waals surface area contributed by atoms with Gasteiger partial charge in [-0.25, -0.2) is 22.0 Å². The molecule has 0 aromatic carbocycles. The molecule has 192 valence electrons. The summed E-state index contributed by atoms with van der Waals surface area (Å²) in [4.78, 5) is -0.0153. The zero-order valence-corrected chi connectivity index (χ0v) is 16.4. The van der Waals surface area contributed by atoms with E-state index in [0.29, 0.717) is 0 Å². The quantitative estimate of drug-likeness (QED) is 0.383. The van der Waals surface area contributed by atoms with Gasteiger partial charge >= 0.3 is 24.5 Å². The third kappa shape index (κ3) is 6.50. The van der Waals surface area contributed by atoms with Crippen LogP contribution in [-0.2, 0) is 4.74 Å². The number of rotatable bonds is 7. The first kappa shape index (κ1) is 29.0. The average Bonchev–Trinajstić information content (AvgIpc) is 2.58. The van der Waals surface area contributed by atoms with Crippen molar-refractivity contribution in [3.63, 3.8) is 0 Å². The van der Waals surface area contributed by atoms with Crippen molar-refractivity contribution in [2.24, 2.45) is 5.92 Å². The number of hydrogen-bond donors (Lipinski definition) is 0. The maximum Gasteiger partial charge on any atom is 0.425 e. The van der Waals surface area contributed by atoms with Crippen LogP contribution in [0.4, 0.5) is 61.5 Å². The molecule has 1 aliphatic rings. The van der Waals surface area contributed by atoms with Crippen LogP contribution in [0.5, 0.6) is 0 Å². The van der Waals surface area contributed by atoms with Crippen molar-refractivity contribution in [1.82, 2.24) is 4.90 Å². The first-order valence-electron chi connectivity index (χ1n) is 9.03. The molecule has 16 heteroatoms. The highest BCUT2D eigenvalue weighted by Gasteiger charge is 2.64. The number of likely N-dealkylation sites (tertiary alicyclic amines) is 1. The van der Waals surface area contributed by atoms with Crippen molar-refractivity contribution in [2.75, 3.05) is 13.1 Å². The Hall–Kier alpha value is -1.06. The molecule has 0 bridgehead atoms. The minimum atomic E-state index is -6.11. The molecule has 0 amide bonds. The van der Waals surface area contributed by atoms with Crippen LogP contribution in [0.3, 0.4) is 0 Å². The Labute approximate surface area is 172 Å². The number of halogens is 14. The molecule has 0 saturated carbocycles. The van der Waals surface area contributed by atoms with Gasteiger partial charge in [0.05, 0.1) is 5.92 Å². The summed E-state index contributed by atoms with van der Waals surface area (Å²) in [5.41, 5.74) is 0. The fraction of sp³-hybridized carbons (Fsp3) is 1.00. The van der Waals surface area contributed by atoms with Crippen LogP contribution in [0.1, 0.15) is 26.7 Å². The van der Waals surface area contributed by atoms with Gasteiger partial charge in [0.1, 0.15) is 12.2 Å². The topological polar surface area (TPSA) is 12.5 Å². The molecule has 1 fully saturated rings. The molecule has 1 heterocycles. The summed E-state index contributed by atoms with van der Waals surface area (Å²) in [6, 6.07) is -3.77.